The number of nitrogens with one attached hydrogen (secondary N) is 1. The van der Waals surface area contributed by atoms with Crippen LogP contribution in [0.4, 0.5) is 4.39 Å². The molecule has 1 nitrogen and oxygen atoms in total. The highest BCUT2D eigenvalue weighted by Crippen LogP contribution is 2.16. The molecule has 1 unspecified atom stereocenters. The maximum atomic E-state index is 13.0. The third kappa shape index (κ3) is 3.80. The number of thiophene rings is 1. The Hall–Kier alpha value is -0.900. The fourth-order valence-electron chi connectivity index (χ4n) is 1.74. The van der Waals surface area contributed by atoms with Gasteiger partial charge in [-0.15, -0.1) is 11.3 Å². The van der Waals surface area contributed by atoms with Crippen molar-refractivity contribution in [1.82, 2.24) is 5.32 Å². The zero-order valence-corrected chi connectivity index (χ0v) is 11.7. The Labute approximate surface area is 116 Å². The van der Waals surface area contributed by atoms with Gasteiger partial charge >= 0.3 is 0 Å². The van der Waals surface area contributed by atoms with Crippen molar-refractivity contribution in [2.24, 2.45) is 0 Å². The minimum absolute atomic E-state index is 0.181. The Bertz CT molecular complexity index is 499. The monoisotopic (exact) mass is 283 g/mol. The van der Waals surface area contributed by atoms with E-state index in [1.54, 1.807) is 23.5 Å². The first-order valence-electron chi connectivity index (χ1n) is 5.85. The molecule has 0 amide bonds. The van der Waals surface area contributed by atoms with E-state index in [1.165, 1.54) is 10.9 Å². The number of halogens is 2. The van der Waals surface area contributed by atoms with Crippen LogP contribution < -0.4 is 5.32 Å². The molecule has 4 heteroatoms. The highest BCUT2D eigenvalue weighted by Gasteiger charge is 2.05. The zero-order valence-electron chi connectivity index (χ0n) is 10.1. The van der Waals surface area contributed by atoms with Gasteiger partial charge in [0.1, 0.15) is 5.82 Å². The summed E-state index contributed by atoms with van der Waals surface area (Å²) in [5.74, 6) is -0.368. The van der Waals surface area contributed by atoms with E-state index in [9.17, 15) is 4.39 Å². The molecule has 0 aliphatic carbocycles. The fourth-order valence-corrected chi connectivity index (χ4v) is 2.78. The maximum Gasteiger partial charge on any atom is 0.141 e. The SMILES string of the molecule is CC(Cc1cccs1)NCc1ccc(F)c(Cl)c1. The van der Waals surface area contributed by atoms with Crippen molar-refractivity contribution >= 4 is 22.9 Å². The molecule has 96 valence electrons. The molecule has 1 aromatic heterocycles. The van der Waals surface area contributed by atoms with Gasteiger partial charge in [-0.2, -0.15) is 0 Å². The Morgan fingerprint density at radius 1 is 1.39 bits per heavy atom. The molecule has 0 radical (unpaired) electrons. The molecule has 2 rings (SSSR count). The first-order valence-corrected chi connectivity index (χ1v) is 7.10. The van der Waals surface area contributed by atoms with Crippen LogP contribution in [0.25, 0.3) is 0 Å². The van der Waals surface area contributed by atoms with E-state index < -0.39 is 0 Å². The lowest BCUT2D eigenvalue weighted by Crippen LogP contribution is -2.27. The molecule has 0 aliphatic rings. The second kappa shape index (κ2) is 6.32. The quantitative estimate of drug-likeness (QED) is 0.864. The molecular weight excluding hydrogens is 269 g/mol. The van der Waals surface area contributed by atoms with Crippen molar-refractivity contribution in [3.63, 3.8) is 0 Å². The normalized spacial score (nSPS) is 12.6. The van der Waals surface area contributed by atoms with Crippen molar-refractivity contribution in [2.45, 2.75) is 25.9 Å². The van der Waals surface area contributed by atoms with Gasteiger partial charge in [0.2, 0.25) is 0 Å². The van der Waals surface area contributed by atoms with Crippen LogP contribution >= 0.6 is 22.9 Å². The van der Waals surface area contributed by atoms with Crippen molar-refractivity contribution < 1.29 is 4.39 Å². The number of hydrogen-bond donors (Lipinski definition) is 1. The second-order valence-electron chi connectivity index (χ2n) is 4.31. The topological polar surface area (TPSA) is 12.0 Å². The zero-order chi connectivity index (χ0) is 13.0. The van der Waals surface area contributed by atoms with Gasteiger partial charge in [0.15, 0.2) is 0 Å². The molecule has 0 saturated carbocycles. The van der Waals surface area contributed by atoms with E-state index in [-0.39, 0.29) is 10.8 Å². The minimum atomic E-state index is -0.368. The lowest BCUT2D eigenvalue weighted by atomic mass is 10.1. The third-order valence-electron chi connectivity index (χ3n) is 2.73. The summed E-state index contributed by atoms with van der Waals surface area (Å²) in [5, 5.41) is 5.68. The summed E-state index contributed by atoms with van der Waals surface area (Å²) < 4.78 is 13.0. The molecule has 0 spiro atoms. The van der Waals surface area contributed by atoms with E-state index >= 15 is 0 Å². The van der Waals surface area contributed by atoms with Crippen LogP contribution in [-0.2, 0) is 13.0 Å². The van der Waals surface area contributed by atoms with Crippen molar-refractivity contribution in [3.8, 4) is 0 Å². The fraction of sp³-hybridized carbons (Fsp3) is 0.286. The largest absolute Gasteiger partial charge is 0.310 e. The number of rotatable bonds is 5. The summed E-state index contributed by atoms with van der Waals surface area (Å²) in [5.41, 5.74) is 0.999. The Balaban J connectivity index is 1.85. The number of hydrogen-bond acceptors (Lipinski definition) is 2. The van der Waals surface area contributed by atoms with Crippen LogP contribution in [0.15, 0.2) is 35.7 Å². The van der Waals surface area contributed by atoms with Crippen molar-refractivity contribution in [2.75, 3.05) is 0 Å². The molecular formula is C14H15ClFNS. The summed E-state index contributed by atoms with van der Waals surface area (Å²) in [6, 6.07) is 9.41. The Morgan fingerprint density at radius 3 is 2.89 bits per heavy atom. The molecule has 1 aromatic carbocycles. The van der Waals surface area contributed by atoms with Gasteiger partial charge in [-0.1, -0.05) is 23.7 Å². The van der Waals surface area contributed by atoms with Gasteiger partial charge in [0.05, 0.1) is 5.02 Å². The van der Waals surface area contributed by atoms with E-state index in [1.807, 2.05) is 0 Å². The molecule has 0 fully saturated rings. The summed E-state index contributed by atoms with van der Waals surface area (Å²) in [6.07, 6.45) is 1.01. The molecule has 1 heterocycles. The Morgan fingerprint density at radius 2 is 2.22 bits per heavy atom. The van der Waals surface area contributed by atoms with Crippen molar-refractivity contribution in [1.29, 1.82) is 0 Å². The van der Waals surface area contributed by atoms with E-state index in [4.69, 9.17) is 11.6 Å². The molecule has 2 aromatic rings. The average molecular weight is 284 g/mol. The predicted octanol–water partition coefficient (Wildman–Crippen LogP) is 4.26. The molecule has 1 N–H and O–H groups in total. The smallest absolute Gasteiger partial charge is 0.141 e. The van der Waals surface area contributed by atoms with Gasteiger partial charge < -0.3 is 5.32 Å². The van der Waals surface area contributed by atoms with E-state index in [0.29, 0.717) is 12.6 Å². The third-order valence-corrected chi connectivity index (χ3v) is 3.91. The maximum absolute atomic E-state index is 13.0. The highest BCUT2D eigenvalue weighted by molar-refractivity contribution is 7.09. The first-order chi connectivity index (χ1) is 8.65. The summed E-state index contributed by atoms with van der Waals surface area (Å²) in [4.78, 5) is 1.37. The van der Waals surface area contributed by atoms with E-state index in [2.05, 4.69) is 29.8 Å². The van der Waals surface area contributed by atoms with E-state index in [0.717, 1.165) is 12.0 Å². The van der Waals surface area contributed by atoms with Gasteiger partial charge in [0.25, 0.3) is 0 Å². The predicted molar refractivity (Wildman–Crippen MR) is 75.7 cm³/mol. The molecule has 18 heavy (non-hydrogen) atoms. The summed E-state index contributed by atoms with van der Waals surface area (Å²) >= 11 is 7.51. The first kappa shape index (κ1) is 13.5. The minimum Gasteiger partial charge on any atom is -0.310 e. The van der Waals surface area contributed by atoms with Gasteiger partial charge in [0, 0.05) is 17.5 Å². The lowest BCUT2D eigenvalue weighted by Gasteiger charge is -2.13. The van der Waals surface area contributed by atoms with Gasteiger partial charge in [-0.05, 0) is 42.5 Å². The van der Waals surface area contributed by atoms with Gasteiger partial charge in [-0.25, -0.2) is 4.39 Å². The molecule has 1 atom stereocenters. The summed E-state index contributed by atoms with van der Waals surface area (Å²) in [7, 11) is 0. The van der Waals surface area contributed by atoms with Crippen LogP contribution in [-0.4, -0.2) is 6.04 Å². The van der Waals surface area contributed by atoms with Crippen molar-refractivity contribution in [3.05, 3.63) is 57.0 Å². The number of benzene rings is 1. The highest BCUT2D eigenvalue weighted by atomic mass is 35.5. The van der Waals surface area contributed by atoms with Crippen LogP contribution in [0.5, 0.6) is 0 Å². The van der Waals surface area contributed by atoms with Crippen LogP contribution in [0, 0.1) is 5.82 Å². The lowest BCUT2D eigenvalue weighted by molar-refractivity contribution is 0.547. The standard InChI is InChI=1S/C14H15ClFNS/c1-10(7-12-3-2-6-18-12)17-9-11-4-5-14(16)13(15)8-11/h2-6,8,10,17H,7,9H2,1H3. The summed E-state index contributed by atoms with van der Waals surface area (Å²) in [6.45, 7) is 2.84. The average Bonchev–Trinajstić information content (AvgIpc) is 2.83. The van der Waals surface area contributed by atoms with Crippen LogP contribution in [0.3, 0.4) is 0 Å². The molecule has 0 saturated heterocycles. The molecule has 0 aliphatic heterocycles. The van der Waals surface area contributed by atoms with Crippen LogP contribution in [0.2, 0.25) is 5.02 Å². The second-order valence-corrected chi connectivity index (χ2v) is 5.75. The Kier molecular flexibility index (Phi) is 4.75. The van der Waals surface area contributed by atoms with Gasteiger partial charge in [-0.3, -0.25) is 0 Å². The molecule has 0 bridgehead atoms. The van der Waals surface area contributed by atoms with Crippen LogP contribution in [0.1, 0.15) is 17.4 Å².